The van der Waals surface area contributed by atoms with Gasteiger partial charge in [-0.05, 0) is 67.0 Å². The number of carbonyl (C=O) groups excluding carboxylic acids is 1. The van der Waals surface area contributed by atoms with E-state index in [1.807, 2.05) is 24.3 Å². The van der Waals surface area contributed by atoms with Crippen molar-refractivity contribution in [3.63, 3.8) is 0 Å². The zero-order chi connectivity index (χ0) is 21.2. The molecule has 0 amide bonds. The van der Waals surface area contributed by atoms with E-state index < -0.39 is 0 Å². The van der Waals surface area contributed by atoms with Crippen molar-refractivity contribution >= 4 is 5.97 Å². The van der Waals surface area contributed by atoms with Crippen LogP contribution >= 0.6 is 0 Å². The van der Waals surface area contributed by atoms with Crippen LogP contribution in [0.4, 0.5) is 4.39 Å². The average Bonchev–Trinajstić information content (AvgIpc) is 2.78. The van der Waals surface area contributed by atoms with Crippen molar-refractivity contribution in [1.82, 2.24) is 0 Å². The molecule has 1 aliphatic rings. The Kier molecular flexibility index (Phi) is 8.92. The number of rotatable bonds is 10. The Morgan fingerprint density at radius 1 is 0.833 bits per heavy atom. The van der Waals surface area contributed by atoms with E-state index in [4.69, 9.17) is 4.74 Å². The lowest BCUT2D eigenvalue weighted by Gasteiger charge is -2.27. The molecule has 1 fully saturated rings. The Morgan fingerprint density at radius 3 is 2.03 bits per heavy atom. The van der Waals surface area contributed by atoms with Crippen LogP contribution in [0.1, 0.15) is 77.6 Å². The number of unbranched alkanes of at least 4 members (excludes halogenated alkanes) is 5. The lowest BCUT2D eigenvalue weighted by atomic mass is 9.80. The molecule has 0 radical (unpaired) electrons. The molecular formula is C27H35FO2. The van der Waals surface area contributed by atoms with Crippen LogP contribution in [0.3, 0.4) is 0 Å². The minimum absolute atomic E-state index is 0.0302. The zero-order valence-electron chi connectivity index (χ0n) is 18.2. The Morgan fingerprint density at radius 2 is 1.40 bits per heavy atom. The Balaban J connectivity index is 1.39. The summed E-state index contributed by atoms with van der Waals surface area (Å²) >= 11 is 0. The lowest BCUT2D eigenvalue weighted by molar-refractivity contribution is -0.140. The molecule has 0 aliphatic heterocycles. The summed E-state index contributed by atoms with van der Waals surface area (Å²) in [5, 5.41) is 0. The normalized spacial score (nSPS) is 18.9. The van der Waals surface area contributed by atoms with Gasteiger partial charge in [-0.1, -0.05) is 76.1 Å². The largest absolute Gasteiger partial charge is 0.426 e. The highest BCUT2D eigenvalue weighted by Crippen LogP contribution is 2.33. The van der Waals surface area contributed by atoms with Gasteiger partial charge in [0, 0.05) is 0 Å². The second kappa shape index (κ2) is 11.9. The van der Waals surface area contributed by atoms with Gasteiger partial charge in [0.1, 0.15) is 11.6 Å². The first-order valence-electron chi connectivity index (χ1n) is 11.7. The number of esters is 1. The molecule has 0 N–H and O–H groups in total. The van der Waals surface area contributed by atoms with Crippen LogP contribution < -0.4 is 4.74 Å². The van der Waals surface area contributed by atoms with Crippen LogP contribution in [-0.4, -0.2) is 5.97 Å². The highest BCUT2D eigenvalue weighted by Gasteiger charge is 2.27. The molecule has 162 valence electrons. The van der Waals surface area contributed by atoms with Gasteiger partial charge < -0.3 is 4.74 Å². The molecule has 1 saturated carbocycles. The highest BCUT2D eigenvalue weighted by molar-refractivity contribution is 5.75. The molecule has 0 spiro atoms. The number of benzene rings is 2. The summed E-state index contributed by atoms with van der Waals surface area (Å²) in [7, 11) is 0. The van der Waals surface area contributed by atoms with E-state index in [2.05, 4.69) is 6.92 Å². The fourth-order valence-corrected chi connectivity index (χ4v) is 4.46. The first-order chi connectivity index (χ1) is 14.7. The van der Waals surface area contributed by atoms with Crippen LogP contribution in [0.15, 0.2) is 48.5 Å². The molecule has 1 aliphatic carbocycles. The van der Waals surface area contributed by atoms with E-state index in [9.17, 15) is 9.18 Å². The van der Waals surface area contributed by atoms with Crippen molar-refractivity contribution in [2.24, 2.45) is 11.8 Å². The number of carbonyl (C=O) groups is 1. The molecular weight excluding hydrogens is 375 g/mol. The monoisotopic (exact) mass is 410 g/mol. The van der Waals surface area contributed by atoms with Crippen LogP contribution in [0.25, 0.3) is 11.1 Å². The van der Waals surface area contributed by atoms with Crippen molar-refractivity contribution in [2.75, 3.05) is 0 Å². The fraction of sp³-hybridized carbons (Fsp3) is 0.519. The summed E-state index contributed by atoms with van der Waals surface area (Å²) in [5.41, 5.74) is 1.92. The predicted octanol–water partition coefficient (Wildman–Crippen LogP) is 7.96. The SMILES string of the molecule is CCCCCCCC[C@H]1CC[C@H](C(=O)Oc2ccc(-c3ccc(F)cc3)cc2)CC1. The summed E-state index contributed by atoms with van der Waals surface area (Å²) in [6.07, 6.45) is 13.6. The molecule has 0 bridgehead atoms. The minimum atomic E-state index is -0.244. The first kappa shape index (κ1) is 22.5. The third-order valence-electron chi connectivity index (χ3n) is 6.40. The summed E-state index contributed by atoms with van der Waals surface area (Å²) in [6, 6.07) is 13.9. The first-order valence-corrected chi connectivity index (χ1v) is 11.7. The van der Waals surface area contributed by atoms with E-state index in [1.165, 1.54) is 57.1 Å². The van der Waals surface area contributed by atoms with Gasteiger partial charge in [0.05, 0.1) is 5.92 Å². The Labute approximate surface area is 180 Å². The topological polar surface area (TPSA) is 26.3 Å². The third kappa shape index (κ3) is 6.97. The number of ether oxygens (including phenoxy) is 1. The van der Waals surface area contributed by atoms with Gasteiger partial charge in [-0.2, -0.15) is 0 Å². The van der Waals surface area contributed by atoms with Gasteiger partial charge in [-0.3, -0.25) is 4.79 Å². The number of halogens is 1. The van der Waals surface area contributed by atoms with Crippen LogP contribution in [0.2, 0.25) is 0 Å². The lowest BCUT2D eigenvalue weighted by Crippen LogP contribution is -2.25. The standard InChI is InChI=1S/C27H35FO2/c1-2-3-4-5-6-7-8-21-9-11-24(12-10-21)27(29)30-26-19-15-23(16-20-26)22-13-17-25(28)18-14-22/h13-21,24H,2-12H2,1H3/t21-,24-. The second-order valence-electron chi connectivity index (χ2n) is 8.73. The smallest absolute Gasteiger partial charge is 0.314 e. The van der Waals surface area contributed by atoms with Gasteiger partial charge in [-0.25, -0.2) is 4.39 Å². The fourth-order valence-electron chi connectivity index (χ4n) is 4.46. The summed E-state index contributed by atoms with van der Waals surface area (Å²) in [5.74, 6) is 1.06. The summed E-state index contributed by atoms with van der Waals surface area (Å²) in [4.78, 5) is 12.6. The van der Waals surface area contributed by atoms with Crippen molar-refractivity contribution in [2.45, 2.75) is 77.6 Å². The van der Waals surface area contributed by atoms with Crippen LogP contribution in [0, 0.1) is 17.7 Å². The average molecular weight is 411 g/mol. The zero-order valence-corrected chi connectivity index (χ0v) is 18.2. The maximum Gasteiger partial charge on any atom is 0.314 e. The van der Waals surface area contributed by atoms with Gasteiger partial charge in [0.15, 0.2) is 0 Å². The van der Waals surface area contributed by atoms with E-state index in [0.717, 1.165) is 42.7 Å². The molecule has 0 atom stereocenters. The summed E-state index contributed by atoms with van der Waals surface area (Å²) in [6.45, 7) is 2.26. The molecule has 0 heterocycles. The number of hydrogen-bond donors (Lipinski definition) is 0. The van der Waals surface area contributed by atoms with E-state index in [0.29, 0.717) is 5.75 Å². The third-order valence-corrected chi connectivity index (χ3v) is 6.40. The van der Waals surface area contributed by atoms with Gasteiger partial charge in [-0.15, -0.1) is 0 Å². The summed E-state index contributed by atoms with van der Waals surface area (Å²) < 4.78 is 18.7. The molecule has 3 heteroatoms. The van der Waals surface area contributed by atoms with Crippen molar-refractivity contribution in [3.05, 3.63) is 54.3 Å². The van der Waals surface area contributed by atoms with E-state index >= 15 is 0 Å². The quantitative estimate of drug-likeness (QED) is 0.226. The highest BCUT2D eigenvalue weighted by atomic mass is 19.1. The van der Waals surface area contributed by atoms with Crippen molar-refractivity contribution in [1.29, 1.82) is 0 Å². The molecule has 2 nitrogen and oxygen atoms in total. The Bertz CT molecular complexity index is 758. The van der Waals surface area contributed by atoms with Gasteiger partial charge in [0.25, 0.3) is 0 Å². The molecule has 0 saturated heterocycles. The molecule has 2 aromatic carbocycles. The maximum atomic E-state index is 13.1. The molecule has 0 aromatic heterocycles. The van der Waals surface area contributed by atoms with Crippen LogP contribution in [-0.2, 0) is 4.79 Å². The molecule has 2 aromatic rings. The maximum absolute atomic E-state index is 13.1. The number of hydrogen-bond acceptors (Lipinski definition) is 2. The predicted molar refractivity (Wildman–Crippen MR) is 121 cm³/mol. The van der Waals surface area contributed by atoms with Crippen molar-refractivity contribution < 1.29 is 13.9 Å². The molecule has 3 rings (SSSR count). The minimum Gasteiger partial charge on any atom is -0.426 e. The second-order valence-corrected chi connectivity index (χ2v) is 8.73. The Hall–Kier alpha value is -2.16. The molecule has 0 unspecified atom stereocenters. The van der Waals surface area contributed by atoms with E-state index in [1.54, 1.807) is 12.1 Å². The van der Waals surface area contributed by atoms with Crippen molar-refractivity contribution in [3.8, 4) is 16.9 Å². The van der Waals surface area contributed by atoms with E-state index in [-0.39, 0.29) is 17.7 Å². The van der Waals surface area contributed by atoms with Gasteiger partial charge >= 0.3 is 5.97 Å². The molecule has 30 heavy (non-hydrogen) atoms. The van der Waals surface area contributed by atoms with Crippen LogP contribution in [0.5, 0.6) is 5.75 Å². The van der Waals surface area contributed by atoms with Gasteiger partial charge in [0.2, 0.25) is 0 Å².